The number of carbonyl (C=O) groups is 1. The van der Waals surface area contributed by atoms with Crippen molar-refractivity contribution >= 4 is 46.7 Å². The number of hydrazone groups is 2. The van der Waals surface area contributed by atoms with Crippen LogP contribution in [0.5, 0.6) is 0 Å². The zero-order valence-corrected chi connectivity index (χ0v) is 18.4. The highest BCUT2D eigenvalue weighted by Crippen LogP contribution is 2.19. The zero-order chi connectivity index (χ0) is 24.5. The first-order valence-corrected chi connectivity index (χ1v) is 10.6. The summed E-state index contributed by atoms with van der Waals surface area (Å²) in [6, 6.07) is 24.6. The topological polar surface area (TPSA) is 122 Å². The van der Waals surface area contributed by atoms with Gasteiger partial charge in [0.25, 0.3) is 11.6 Å². The Labute approximate surface area is 200 Å². The number of allylic oxidation sites excluding steroid dienone is 1. The minimum Gasteiger partial charge on any atom is -0.278 e. The second-order valence-corrected chi connectivity index (χ2v) is 7.28. The summed E-state index contributed by atoms with van der Waals surface area (Å²) >= 11 is 0. The molecule has 0 saturated heterocycles. The van der Waals surface area contributed by atoms with Crippen LogP contribution >= 0.6 is 0 Å². The predicted octanol–water partition coefficient (Wildman–Crippen LogP) is 5.02. The van der Waals surface area contributed by atoms with Crippen molar-refractivity contribution in [3.05, 3.63) is 118 Å². The van der Waals surface area contributed by atoms with E-state index in [-0.39, 0.29) is 5.69 Å². The number of nitrogens with zero attached hydrogens (tertiary/aromatic N) is 4. The van der Waals surface area contributed by atoms with E-state index < -0.39 is 10.8 Å². The van der Waals surface area contributed by atoms with Crippen LogP contribution in [-0.4, -0.2) is 28.2 Å². The van der Waals surface area contributed by atoms with E-state index in [1.54, 1.807) is 36.4 Å². The fourth-order valence-electron chi connectivity index (χ4n) is 3.23. The number of non-ortho nitro benzene ring substituents is 1. The number of hydrogen-bond acceptors (Lipinski definition) is 7. The number of carbonyl (C=O) groups excluding carboxylic acids is 1. The third-order valence-corrected chi connectivity index (χ3v) is 4.84. The molecule has 0 aliphatic carbocycles. The second-order valence-electron chi connectivity index (χ2n) is 7.28. The number of rotatable bonds is 8. The number of benzene rings is 3. The average molecular weight is 464 g/mol. The van der Waals surface area contributed by atoms with E-state index in [0.717, 1.165) is 5.56 Å². The van der Waals surface area contributed by atoms with Crippen molar-refractivity contribution in [2.75, 3.05) is 5.43 Å². The summed E-state index contributed by atoms with van der Waals surface area (Å²) in [6.07, 6.45) is 6.55. The summed E-state index contributed by atoms with van der Waals surface area (Å²) in [6.45, 7) is 0. The highest BCUT2D eigenvalue weighted by molar-refractivity contribution is 6.07. The molecule has 2 N–H and O–H groups in total. The smallest absolute Gasteiger partial charge is 0.272 e. The van der Waals surface area contributed by atoms with Gasteiger partial charge in [0.15, 0.2) is 0 Å². The number of hydrogen-bond donors (Lipinski definition) is 2. The molecule has 0 atom stereocenters. The van der Waals surface area contributed by atoms with Crippen LogP contribution < -0.4 is 10.9 Å². The van der Waals surface area contributed by atoms with E-state index in [4.69, 9.17) is 0 Å². The number of nitro benzene ring substituents is 1. The summed E-state index contributed by atoms with van der Waals surface area (Å²) in [5, 5.41) is 19.7. The molecule has 9 heteroatoms. The van der Waals surface area contributed by atoms with Gasteiger partial charge in [0.05, 0.1) is 33.6 Å². The Hall–Kier alpha value is -5.18. The van der Waals surface area contributed by atoms with E-state index in [1.165, 1.54) is 24.6 Å². The molecule has 0 saturated carbocycles. The van der Waals surface area contributed by atoms with Gasteiger partial charge < -0.3 is 0 Å². The number of anilines is 1. The van der Waals surface area contributed by atoms with E-state index in [0.29, 0.717) is 27.8 Å². The Kier molecular flexibility index (Phi) is 7.29. The van der Waals surface area contributed by atoms with Crippen LogP contribution in [0, 0.1) is 10.1 Å². The lowest BCUT2D eigenvalue weighted by Crippen LogP contribution is -2.18. The van der Waals surface area contributed by atoms with Crippen LogP contribution in [0.4, 0.5) is 11.4 Å². The third-order valence-electron chi connectivity index (χ3n) is 4.84. The summed E-state index contributed by atoms with van der Waals surface area (Å²) in [5.41, 5.74) is 8.13. The number of pyridine rings is 1. The van der Waals surface area contributed by atoms with Gasteiger partial charge in [-0.3, -0.25) is 20.3 Å². The molecule has 172 valence electrons. The molecule has 1 heterocycles. The van der Waals surface area contributed by atoms with E-state index in [9.17, 15) is 14.9 Å². The third kappa shape index (κ3) is 6.20. The van der Waals surface area contributed by atoms with Crippen molar-refractivity contribution in [1.29, 1.82) is 0 Å². The molecule has 0 radical (unpaired) electrons. The van der Waals surface area contributed by atoms with E-state index >= 15 is 0 Å². The molecule has 0 fully saturated rings. The molecule has 0 spiro atoms. The molecule has 0 aliphatic heterocycles. The normalized spacial score (nSPS) is 11.4. The molecule has 4 aromatic rings. The molecule has 3 aromatic carbocycles. The van der Waals surface area contributed by atoms with Crippen LogP contribution in [0.25, 0.3) is 17.0 Å². The van der Waals surface area contributed by atoms with Crippen molar-refractivity contribution in [1.82, 2.24) is 10.4 Å². The van der Waals surface area contributed by atoms with Crippen molar-refractivity contribution in [3.63, 3.8) is 0 Å². The maximum Gasteiger partial charge on any atom is 0.272 e. The SMILES string of the molecule is O=C(N/N=C/C=C/c1ccccc1)c1cc(/C=N/Nc2cccc([N+](=O)[O-])c2)nc2ccccc12. The minimum atomic E-state index is -0.482. The van der Waals surface area contributed by atoms with Crippen molar-refractivity contribution in [2.45, 2.75) is 0 Å². The molecule has 4 rings (SSSR count). The number of aromatic nitrogens is 1. The molecular weight excluding hydrogens is 444 g/mol. The molecule has 1 aromatic heterocycles. The van der Waals surface area contributed by atoms with Crippen LogP contribution in [0.3, 0.4) is 0 Å². The van der Waals surface area contributed by atoms with Gasteiger partial charge in [-0.15, -0.1) is 0 Å². The lowest BCUT2D eigenvalue weighted by Gasteiger charge is -2.06. The van der Waals surface area contributed by atoms with Gasteiger partial charge in [0, 0.05) is 23.7 Å². The fraction of sp³-hybridized carbons (Fsp3) is 0. The quantitative estimate of drug-likeness (QED) is 0.215. The summed E-state index contributed by atoms with van der Waals surface area (Å²) in [7, 11) is 0. The fourth-order valence-corrected chi connectivity index (χ4v) is 3.23. The number of nitrogens with one attached hydrogen (secondary N) is 2. The molecule has 9 nitrogen and oxygen atoms in total. The van der Waals surface area contributed by atoms with Gasteiger partial charge in [-0.1, -0.05) is 60.7 Å². The summed E-state index contributed by atoms with van der Waals surface area (Å²) in [5.74, 6) is -0.394. The lowest BCUT2D eigenvalue weighted by molar-refractivity contribution is -0.384. The van der Waals surface area contributed by atoms with Gasteiger partial charge in [-0.2, -0.15) is 10.2 Å². The average Bonchev–Trinajstić information content (AvgIpc) is 2.88. The molecule has 0 unspecified atom stereocenters. The number of nitro groups is 1. The first-order chi connectivity index (χ1) is 17.1. The number of fused-ring (bicyclic) bond motifs is 1. The summed E-state index contributed by atoms with van der Waals surface area (Å²) in [4.78, 5) is 27.8. The molecular formula is C26H20N6O3. The maximum absolute atomic E-state index is 12.8. The monoisotopic (exact) mass is 464 g/mol. The number of amides is 1. The van der Waals surface area contributed by atoms with Crippen LogP contribution in [0.2, 0.25) is 0 Å². The first kappa shape index (κ1) is 23.0. The Morgan fingerprint density at radius 3 is 2.57 bits per heavy atom. The van der Waals surface area contributed by atoms with Gasteiger partial charge in [0.2, 0.25) is 0 Å². The Bertz CT molecular complexity index is 1450. The van der Waals surface area contributed by atoms with Crippen molar-refractivity contribution in [3.8, 4) is 0 Å². The van der Waals surface area contributed by atoms with Gasteiger partial charge in [0.1, 0.15) is 0 Å². The van der Waals surface area contributed by atoms with Crippen LogP contribution in [0.1, 0.15) is 21.6 Å². The Morgan fingerprint density at radius 2 is 1.74 bits per heavy atom. The lowest BCUT2D eigenvalue weighted by atomic mass is 10.1. The molecule has 35 heavy (non-hydrogen) atoms. The maximum atomic E-state index is 12.8. The van der Waals surface area contributed by atoms with Gasteiger partial charge in [-0.05, 0) is 29.8 Å². The Morgan fingerprint density at radius 1 is 0.943 bits per heavy atom. The minimum absolute atomic E-state index is 0.0489. The van der Waals surface area contributed by atoms with Crippen molar-refractivity contribution in [2.24, 2.45) is 10.2 Å². The Balaban J connectivity index is 1.49. The van der Waals surface area contributed by atoms with Gasteiger partial charge >= 0.3 is 0 Å². The van der Waals surface area contributed by atoms with E-state index in [1.807, 2.05) is 48.5 Å². The zero-order valence-electron chi connectivity index (χ0n) is 18.4. The van der Waals surface area contributed by atoms with Crippen molar-refractivity contribution < 1.29 is 9.72 Å². The van der Waals surface area contributed by atoms with E-state index in [2.05, 4.69) is 26.0 Å². The molecule has 1 amide bonds. The number of para-hydroxylation sites is 1. The van der Waals surface area contributed by atoms with Crippen LogP contribution in [-0.2, 0) is 0 Å². The highest BCUT2D eigenvalue weighted by Gasteiger charge is 2.12. The standard InChI is InChI=1S/C26H20N6O3/c33-26(31-27-15-7-10-19-8-2-1-3-9-19)24-17-21(29-25-14-5-4-13-23(24)25)18-28-30-20-11-6-12-22(16-20)32(34)35/h1-18,30H,(H,31,33)/b10-7+,27-15+,28-18+. The molecule has 0 aliphatic rings. The highest BCUT2D eigenvalue weighted by atomic mass is 16.6. The summed E-state index contributed by atoms with van der Waals surface area (Å²) < 4.78 is 0. The first-order valence-electron chi connectivity index (χ1n) is 10.6. The van der Waals surface area contributed by atoms with Crippen LogP contribution in [0.15, 0.2) is 101 Å². The van der Waals surface area contributed by atoms with Gasteiger partial charge in [-0.25, -0.2) is 10.4 Å². The largest absolute Gasteiger partial charge is 0.278 e. The molecule has 0 bridgehead atoms. The second kappa shape index (κ2) is 11.1. The predicted molar refractivity (Wildman–Crippen MR) is 137 cm³/mol.